The summed E-state index contributed by atoms with van der Waals surface area (Å²) in [5.74, 6) is -0.0661. The predicted octanol–water partition coefficient (Wildman–Crippen LogP) is 2.78. The molecule has 0 aliphatic heterocycles. The molecular weight excluding hydrogens is 272 g/mol. The van der Waals surface area contributed by atoms with Gasteiger partial charge in [-0.3, -0.25) is 4.79 Å². The van der Waals surface area contributed by atoms with Crippen LogP contribution in [0.25, 0.3) is 10.1 Å². The van der Waals surface area contributed by atoms with E-state index in [1.807, 2.05) is 31.2 Å². The molecule has 0 saturated heterocycles. The second-order valence-corrected chi connectivity index (χ2v) is 6.11. The molecule has 1 aromatic heterocycles. The maximum atomic E-state index is 12.3. The first-order valence-corrected chi connectivity index (χ1v) is 7.70. The van der Waals surface area contributed by atoms with E-state index in [1.54, 1.807) is 0 Å². The number of thiophene rings is 1. The smallest absolute Gasteiger partial charge is 0.263 e. The van der Waals surface area contributed by atoms with Crippen LogP contribution in [0, 0.1) is 0 Å². The number of hydrogen-bond donors (Lipinski definition) is 2. The predicted molar refractivity (Wildman–Crippen MR) is 82.1 cm³/mol. The Labute approximate surface area is 121 Å². The van der Waals surface area contributed by atoms with E-state index in [9.17, 15) is 4.79 Å². The first kappa shape index (κ1) is 13.4. The lowest BCUT2D eigenvalue weighted by atomic mass is 9.89. The molecule has 106 valence electrons. The summed E-state index contributed by atoms with van der Waals surface area (Å²) in [6, 6.07) is 8.04. The molecule has 0 atom stereocenters. The number of carbonyl (C=O) groups excluding carboxylic acids is 1. The number of nitrogens with two attached hydrogens (primary N) is 1. The van der Waals surface area contributed by atoms with Crippen LogP contribution in [-0.4, -0.2) is 24.7 Å². The lowest BCUT2D eigenvalue weighted by Crippen LogP contribution is -2.47. The Kier molecular flexibility index (Phi) is 3.63. The summed E-state index contributed by atoms with van der Waals surface area (Å²) in [6.07, 6.45) is 2.08. The topological polar surface area (TPSA) is 64.3 Å². The zero-order valence-electron chi connectivity index (χ0n) is 11.4. The average molecular weight is 290 g/mol. The highest BCUT2D eigenvalue weighted by molar-refractivity contribution is 7.21. The number of ether oxygens (including phenoxy) is 1. The molecule has 0 radical (unpaired) electrons. The molecule has 5 heteroatoms. The third kappa shape index (κ3) is 2.39. The van der Waals surface area contributed by atoms with Crippen molar-refractivity contribution >= 4 is 33.0 Å². The minimum absolute atomic E-state index is 0.0661. The number of anilines is 1. The van der Waals surface area contributed by atoms with Crippen LogP contribution < -0.4 is 11.1 Å². The molecule has 1 aromatic carbocycles. The van der Waals surface area contributed by atoms with Crippen LogP contribution in [0.1, 0.15) is 29.4 Å². The number of nitrogens with one attached hydrogen (secondary N) is 1. The van der Waals surface area contributed by atoms with Crippen LogP contribution in [0.2, 0.25) is 0 Å². The molecule has 3 rings (SSSR count). The molecular formula is C15H18N2O2S. The molecule has 1 aliphatic carbocycles. The number of amides is 1. The van der Waals surface area contributed by atoms with Crippen molar-refractivity contribution in [3.63, 3.8) is 0 Å². The molecule has 4 nitrogen and oxygen atoms in total. The zero-order valence-corrected chi connectivity index (χ0v) is 12.2. The van der Waals surface area contributed by atoms with Gasteiger partial charge in [0.15, 0.2) is 0 Å². The zero-order chi connectivity index (χ0) is 14.1. The van der Waals surface area contributed by atoms with Gasteiger partial charge in [0.25, 0.3) is 5.91 Å². The minimum Gasteiger partial charge on any atom is -0.397 e. The van der Waals surface area contributed by atoms with Crippen molar-refractivity contribution in [2.75, 3.05) is 12.3 Å². The second-order valence-electron chi connectivity index (χ2n) is 5.06. The summed E-state index contributed by atoms with van der Waals surface area (Å²) < 4.78 is 6.55. The highest BCUT2D eigenvalue weighted by Gasteiger charge is 2.31. The van der Waals surface area contributed by atoms with Gasteiger partial charge in [-0.2, -0.15) is 0 Å². The highest BCUT2D eigenvalue weighted by atomic mass is 32.1. The summed E-state index contributed by atoms with van der Waals surface area (Å²) in [5.41, 5.74) is 6.66. The fourth-order valence-corrected chi connectivity index (χ4v) is 3.57. The first-order chi connectivity index (χ1) is 9.69. The molecule has 2 aromatic rings. The van der Waals surface area contributed by atoms with Crippen LogP contribution >= 0.6 is 11.3 Å². The lowest BCUT2D eigenvalue weighted by Gasteiger charge is -2.35. The molecule has 0 bridgehead atoms. The molecule has 1 amide bonds. The number of hydrogen-bond acceptors (Lipinski definition) is 4. The Balaban J connectivity index is 1.69. The van der Waals surface area contributed by atoms with Crippen LogP contribution in [-0.2, 0) is 4.74 Å². The number of fused-ring (bicyclic) bond motifs is 1. The van der Waals surface area contributed by atoms with E-state index in [4.69, 9.17) is 10.5 Å². The Morgan fingerprint density at radius 2 is 2.20 bits per heavy atom. The van der Waals surface area contributed by atoms with Crippen LogP contribution in [0.4, 0.5) is 5.69 Å². The van der Waals surface area contributed by atoms with Gasteiger partial charge in [-0.1, -0.05) is 18.2 Å². The van der Waals surface area contributed by atoms with Crippen molar-refractivity contribution in [1.29, 1.82) is 0 Å². The van der Waals surface area contributed by atoms with Crippen LogP contribution in [0.3, 0.4) is 0 Å². The number of benzene rings is 1. The van der Waals surface area contributed by atoms with E-state index in [0.717, 1.165) is 29.5 Å². The van der Waals surface area contributed by atoms with E-state index in [2.05, 4.69) is 5.32 Å². The maximum absolute atomic E-state index is 12.3. The van der Waals surface area contributed by atoms with Gasteiger partial charge in [0, 0.05) is 22.7 Å². The summed E-state index contributed by atoms with van der Waals surface area (Å²) in [5, 5.41) is 4.00. The van der Waals surface area contributed by atoms with Crippen molar-refractivity contribution in [2.24, 2.45) is 0 Å². The van der Waals surface area contributed by atoms with Gasteiger partial charge < -0.3 is 15.8 Å². The van der Waals surface area contributed by atoms with Gasteiger partial charge >= 0.3 is 0 Å². The fraction of sp³-hybridized carbons (Fsp3) is 0.400. The molecule has 20 heavy (non-hydrogen) atoms. The summed E-state index contributed by atoms with van der Waals surface area (Å²) in [7, 11) is 0. The summed E-state index contributed by atoms with van der Waals surface area (Å²) in [4.78, 5) is 12.9. The van der Waals surface area contributed by atoms with E-state index in [-0.39, 0.29) is 11.9 Å². The van der Waals surface area contributed by atoms with Crippen molar-refractivity contribution in [2.45, 2.75) is 31.9 Å². The highest BCUT2D eigenvalue weighted by Crippen LogP contribution is 2.34. The molecule has 1 fully saturated rings. The van der Waals surface area contributed by atoms with E-state index >= 15 is 0 Å². The number of nitrogen functional groups attached to an aromatic ring is 1. The fourth-order valence-electron chi connectivity index (χ4n) is 2.54. The van der Waals surface area contributed by atoms with Crippen LogP contribution in [0.15, 0.2) is 24.3 Å². The number of rotatable bonds is 4. The maximum Gasteiger partial charge on any atom is 0.263 e. The van der Waals surface area contributed by atoms with E-state index in [1.165, 1.54) is 11.3 Å². The third-order valence-corrected chi connectivity index (χ3v) is 4.86. The molecule has 1 saturated carbocycles. The van der Waals surface area contributed by atoms with Crippen molar-refractivity contribution in [3.8, 4) is 0 Å². The van der Waals surface area contributed by atoms with Gasteiger partial charge in [0.2, 0.25) is 0 Å². The monoisotopic (exact) mass is 290 g/mol. The van der Waals surface area contributed by atoms with Crippen molar-refractivity contribution in [3.05, 3.63) is 29.1 Å². The molecule has 1 aliphatic rings. The Bertz CT molecular complexity index is 632. The van der Waals surface area contributed by atoms with E-state index in [0.29, 0.717) is 16.7 Å². The molecule has 0 spiro atoms. The third-order valence-electron chi connectivity index (χ3n) is 3.67. The molecule has 3 N–H and O–H groups in total. The van der Waals surface area contributed by atoms with Crippen molar-refractivity contribution in [1.82, 2.24) is 5.32 Å². The Hall–Kier alpha value is -1.59. The second kappa shape index (κ2) is 5.42. The summed E-state index contributed by atoms with van der Waals surface area (Å²) in [6.45, 7) is 2.72. The Morgan fingerprint density at radius 1 is 1.45 bits per heavy atom. The van der Waals surface area contributed by atoms with Gasteiger partial charge in [-0.15, -0.1) is 11.3 Å². The minimum atomic E-state index is -0.0661. The molecule has 0 unspecified atom stereocenters. The quantitative estimate of drug-likeness (QED) is 0.910. The first-order valence-electron chi connectivity index (χ1n) is 6.88. The van der Waals surface area contributed by atoms with Crippen molar-refractivity contribution < 1.29 is 9.53 Å². The van der Waals surface area contributed by atoms with Gasteiger partial charge in [0.05, 0.1) is 11.8 Å². The normalized spacial score (nSPS) is 21.6. The van der Waals surface area contributed by atoms with E-state index < -0.39 is 0 Å². The SMILES string of the molecule is CCOC1CC(NC(=O)c2sc3ccccc3c2N)C1. The van der Waals surface area contributed by atoms with Gasteiger partial charge in [0.1, 0.15) is 4.88 Å². The molecule has 1 heterocycles. The number of carbonyl (C=O) groups is 1. The lowest BCUT2D eigenvalue weighted by molar-refractivity contribution is -0.00858. The average Bonchev–Trinajstić information content (AvgIpc) is 2.74. The van der Waals surface area contributed by atoms with Gasteiger partial charge in [-0.25, -0.2) is 0 Å². The largest absolute Gasteiger partial charge is 0.397 e. The summed E-state index contributed by atoms with van der Waals surface area (Å²) >= 11 is 1.45. The Morgan fingerprint density at radius 3 is 2.90 bits per heavy atom. The van der Waals surface area contributed by atoms with Crippen LogP contribution in [0.5, 0.6) is 0 Å². The standard InChI is InChI=1S/C15H18N2O2S/c1-2-19-10-7-9(8-10)17-15(18)14-13(16)11-5-3-4-6-12(11)20-14/h3-6,9-10H,2,7-8,16H2,1H3,(H,17,18). The van der Waals surface area contributed by atoms with Gasteiger partial charge in [-0.05, 0) is 25.8 Å².